The Hall–Kier alpha value is -3.05. The summed E-state index contributed by atoms with van der Waals surface area (Å²) in [5.74, 6) is 2.35. The summed E-state index contributed by atoms with van der Waals surface area (Å²) < 4.78 is 11.2. The van der Waals surface area contributed by atoms with Crippen LogP contribution >= 0.6 is 0 Å². The van der Waals surface area contributed by atoms with Gasteiger partial charge in [-0.2, -0.15) is 0 Å². The van der Waals surface area contributed by atoms with Gasteiger partial charge in [-0.15, -0.1) is 0 Å². The van der Waals surface area contributed by atoms with Crippen LogP contribution in [0.15, 0.2) is 28.8 Å². The molecule has 0 radical (unpaired) electrons. The number of nitrogens with one attached hydrogen (secondary N) is 2. The zero-order valence-electron chi connectivity index (χ0n) is 20.4. The van der Waals surface area contributed by atoms with E-state index in [-0.39, 0.29) is 12.6 Å². The van der Waals surface area contributed by atoms with Crippen LogP contribution in [-0.4, -0.2) is 75.0 Å². The van der Waals surface area contributed by atoms with Crippen molar-refractivity contribution in [2.45, 2.75) is 58.0 Å². The van der Waals surface area contributed by atoms with Gasteiger partial charge in [0.1, 0.15) is 30.0 Å². The third-order valence-corrected chi connectivity index (χ3v) is 6.23. The van der Waals surface area contributed by atoms with Gasteiger partial charge in [-0.1, -0.05) is 17.3 Å². The maximum absolute atomic E-state index is 10.0. The van der Waals surface area contributed by atoms with Crippen molar-refractivity contribution in [2.24, 2.45) is 0 Å². The van der Waals surface area contributed by atoms with Crippen molar-refractivity contribution in [3.05, 3.63) is 41.3 Å². The highest BCUT2D eigenvalue weighted by Gasteiger charge is 2.32. The lowest BCUT2D eigenvalue weighted by atomic mass is 10.0. The smallest absolute Gasteiger partial charge is 0.162 e. The summed E-state index contributed by atoms with van der Waals surface area (Å²) >= 11 is 0. The van der Waals surface area contributed by atoms with Crippen LogP contribution in [0.4, 0.5) is 5.82 Å². The molecule has 3 unspecified atom stereocenters. The van der Waals surface area contributed by atoms with Crippen molar-refractivity contribution in [1.82, 2.24) is 20.4 Å². The number of aromatic nitrogens is 3. The lowest BCUT2D eigenvalue weighted by molar-refractivity contribution is 0.0438. The van der Waals surface area contributed by atoms with Gasteiger partial charge in [-0.25, -0.2) is 9.97 Å². The molecule has 0 bridgehead atoms. The van der Waals surface area contributed by atoms with Crippen molar-refractivity contribution < 1.29 is 24.6 Å². The second-order valence-electron chi connectivity index (χ2n) is 9.07. The van der Waals surface area contributed by atoms with Gasteiger partial charge in [0.15, 0.2) is 5.82 Å². The fourth-order valence-electron chi connectivity index (χ4n) is 4.37. The lowest BCUT2D eigenvalue weighted by Gasteiger charge is -2.18. The molecule has 1 aromatic carbocycles. The predicted octanol–water partition coefficient (Wildman–Crippen LogP) is 1.98. The number of likely N-dealkylation sites (N-methyl/N-ethyl adjacent to an activating group) is 1. The van der Waals surface area contributed by atoms with Crippen LogP contribution in [0.3, 0.4) is 0 Å². The van der Waals surface area contributed by atoms with Gasteiger partial charge in [0.05, 0.1) is 29.2 Å². The summed E-state index contributed by atoms with van der Waals surface area (Å²) in [5.41, 5.74) is 3.80. The summed E-state index contributed by atoms with van der Waals surface area (Å²) in [6.07, 6.45) is -1.29. The molecule has 2 aromatic heterocycles. The Bertz CT molecular complexity index is 1140. The SMILES string of the molecule is CNCC(O)COc1cccc(-c2nc(NC3CC(O)C(O)C3)c(C)c(-c3c(C)noc3C)n2)c1. The molecule has 0 saturated heterocycles. The van der Waals surface area contributed by atoms with E-state index in [0.717, 1.165) is 22.4 Å². The number of aryl methyl sites for hydroxylation is 2. The summed E-state index contributed by atoms with van der Waals surface area (Å²) in [6.45, 7) is 6.23. The van der Waals surface area contributed by atoms with E-state index in [1.54, 1.807) is 7.05 Å². The average Bonchev–Trinajstić information content (AvgIpc) is 3.33. The molecule has 4 rings (SSSR count). The molecule has 1 aliphatic carbocycles. The number of nitrogens with zero attached hydrogens (tertiary/aromatic N) is 3. The maximum atomic E-state index is 10.0. The number of rotatable bonds is 9. The van der Waals surface area contributed by atoms with E-state index in [9.17, 15) is 15.3 Å². The highest BCUT2D eigenvalue weighted by molar-refractivity contribution is 5.74. The molecule has 5 N–H and O–H groups in total. The van der Waals surface area contributed by atoms with E-state index < -0.39 is 18.3 Å². The topological polar surface area (TPSA) is 146 Å². The minimum Gasteiger partial charge on any atom is -0.491 e. The van der Waals surface area contributed by atoms with Gasteiger partial charge in [-0.3, -0.25) is 0 Å². The van der Waals surface area contributed by atoms with Crippen LogP contribution in [0.5, 0.6) is 5.75 Å². The normalized spacial score (nSPS) is 20.7. The first-order valence-corrected chi connectivity index (χ1v) is 11.8. The molecule has 3 aromatic rings. The number of hydrogen-bond donors (Lipinski definition) is 5. The van der Waals surface area contributed by atoms with Gasteiger partial charge >= 0.3 is 0 Å². The monoisotopic (exact) mass is 483 g/mol. The summed E-state index contributed by atoms with van der Waals surface area (Å²) in [7, 11) is 1.77. The summed E-state index contributed by atoms with van der Waals surface area (Å²) in [4.78, 5) is 9.67. The van der Waals surface area contributed by atoms with Crippen LogP contribution in [0.2, 0.25) is 0 Å². The molecule has 1 saturated carbocycles. The van der Waals surface area contributed by atoms with E-state index in [1.807, 2.05) is 45.0 Å². The van der Waals surface area contributed by atoms with E-state index in [4.69, 9.17) is 19.2 Å². The van der Waals surface area contributed by atoms with Crippen molar-refractivity contribution in [3.63, 3.8) is 0 Å². The van der Waals surface area contributed by atoms with Gasteiger partial charge in [0, 0.05) is 23.7 Å². The zero-order chi connectivity index (χ0) is 25.1. The van der Waals surface area contributed by atoms with Crippen LogP contribution in [0, 0.1) is 20.8 Å². The molecule has 35 heavy (non-hydrogen) atoms. The van der Waals surface area contributed by atoms with Crippen molar-refractivity contribution in [1.29, 1.82) is 0 Å². The fourth-order valence-corrected chi connectivity index (χ4v) is 4.37. The minimum absolute atomic E-state index is 0.123. The van der Waals surface area contributed by atoms with Gasteiger partial charge in [0.25, 0.3) is 0 Å². The van der Waals surface area contributed by atoms with Crippen molar-refractivity contribution in [3.8, 4) is 28.4 Å². The highest BCUT2D eigenvalue weighted by Crippen LogP contribution is 2.35. The molecule has 1 fully saturated rings. The second kappa shape index (κ2) is 10.7. The Labute approximate surface area is 204 Å². The first kappa shape index (κ1) is 25.1. The van der Waals surface area contributed by atoms with Crippen molar-refractivity contribution >= 4 is 5.82 Å². The lowest BCUT2D eigenvalue weighted by Crippen LogP contribution is -2.29. The first-order chi connectivity index (χ1) is 16.8. The first-order valence-electron chi connectivity index (χ1n) is 11.8. The zero-order valence-corrected chi connectivity index (χ0v) is 20.4. The van der Waals surface area contributed by atoms with Gasteiger partial charge in [-0.05, 0) is 52.8 Å². The van der Waals surface area contributed by atoms with Crippen LogP contribution in [0.1, 0.15) is 29.9 Å². The predicted molar refractivity (Wildman–Crippen MR) is 131 cm³/mol. The van der Waals surface area contributed by atoms with Gasteiger partial charge < -0.3 is 35.2 Å². The minimum atomic E-state index is -0.761. The molecule has 10 heteroatoms. The molecule has 3 atom stereocenters. The number of ether oxygens (including phenoxy) is 1. The Kier molecular flexibility index (Phi) is 7.66. The fraction of sp³-hybridized carbons (Fsp3) is 0.480. The number of benzene rings is 1. The molecule has 2 heterocycles. The molecule has 188 valence electrons. The molecule has 10 nitrogen and oxygen atoms in total. The number of aliphatic hydroxyl groups excluding tert-OH is 3. The van der Waals surface area contributed by atoms with E-state index in [1.165, 1.54) is 0 Å². The van der Waals surface area contributed by atoms with Crippen LogP contribution in [0.25, 0.3) is 22.6 Å². The van der Waals surface area contributed by atoms with Crippen LogP contribution < -0.4 is 15.4 Å². The Morgan fingerprint density at radius 3 is 2.54 bits per heavy atom. The highest BCUT2D eigenvalue weighted by atomic mass is 16.5. The van der Waals surface area contributed by atoms with E-state index in [2.05, 4.69) is 15.8 Å². The standard InChI is InChI=1S/C25H33N5O5/c1-13-23(22-14(2)30-35-15(22)3)28-25(29-24(13)27-17-9-20(32)21(33)10-17)16-6-5-7-19(8-16)34-12-18(31)11-26-4/h5-8,17-18,20-21,26,31-33H,9-12H2,1-4H3,(H,27,28,29). The third kappa shape index (κ3) is 5.62. The third-order valence-electron chi connectivity index (χ3n) is 6.23. The Morgan fingerprint density at radius 1 is 1.14 bits per heavy atom. The molecule has 0 aliphatic heterocycles. The van der Waals surface area contributed by atoms with Gasteiger partial charge in [0.2, 0.25) is 0 Å². The largest absolute Gasteiger partial charge is 0.491 e. The Balaban J connectivity index is 1.71. The Morgan fingerprint density at radius 2 is 1.89 bits per heavy atom. The summed E-state index contributed by atoms with van der Waals surface area (Å²) in [6, 6.07) is 7.28. The maximum Gasteiger partial charge on any atom is 0.162 e. The molecular weight excluding hydrogens is 450 g/mol. The summed E-state index contributed by atoms with van der Waals surface area (Å²) in [5, 5.41) is 40.4. The number of anilines is 1. The quantitative estimate of drug-likeness (QED) is 0.306. The molecule has 0 spiro atoms. The molecule has 0 amide bonds. The van der Waals surface area contributed by atoms with Crippen LogP contribution in [-0.2, 0) is 0 Å². The van der Waals surface area contributed by atoms with E-state index >= 15 is 0 Å². The average molecular weight is 484 g/mol. The number of hydrogen-bond acceptors (Lipinski definition) is 10. The number of aliphatic hydroxyl groups is 3. The van der Waals surface area contributed by atoms with E-state index in [0.29, 0.717) is 48.2 Å². The van der Waals surface area contributed by atoms with Crippen molar-refractivity contribution in [2.75, 3.05) is 25.5 Å². The second-order valence-corrected chi connectivity index (χ2v) is 9.07. The molecular formula is C25H33N5O5. The molecule has 1 aliphatic rings.